The number of nitrogen functional groups attached to an aromatic ring is 2. The summed E-state index contributed by atoms with van der Waals surface area (Å²) in [7, 11) is 1.64. The third-order valence-electron chi connectivity index (χ3n) is 25.6. The van der Waals surface area contributed by atoms with Crippen LogP contribution in [0.1, 0.15) is 182 Å². The number of H-pyrrole nitrogens is 1. The van der Waals surface area contributed by atoms with Crippen LogP contribution in [-0.4, -0.2) is 273 Å². The molecule has 4 aliphatic heterocycles. The van der Waals surface area contributed by atoms with Gasteiger partial charge < -0.3 is 90.0 Å². The van der Waals surface area contributed by atoms with Gasteiger partial charge in [0.15, 0.2) is 11.9 Å². The van der Waals surface area contributed by atoms with E-state index < -0.39 is 47.9 Å². The second kappa shape index (κ2) is 51.4. The molecule has 5 aliphatic rings. The van der Waals surface area contributed by atoms with E-state index in [0.717, 1.165) is 107 Å². The Morgan fingerprint density at radius 2 is 1.48 bits per heavy atom. The van der Waals surface area contributed by atoms with Crippen LogP contribution in [0.4, 0.5) is 23.5 Å². The van der Waals surface area contributed by atoms with Gasteiger partial charge in [0.2, 0.25) is 30.0 Å². The number of allylic oxidation sites excluding steroid dienone is 6. The fourth-order valence-corrected chi connectivity index (χ4v) is 17.7. The summed E-state index contributed by atoms with van der Waals surface area (Å²) in [4.78, 5) is 143. The Bertz CT molecular complexity index is 5160. The summed E-state index contributed by atoms with van der Waals surface area (Å²) in [6, 6.07) is 9.50. The lowest BCUT2D eigenvalue weighted by atomic mass is 9.83. The molecule has 9 atom stereocenters. The average Bonchev–Trinajstić information content (AvgIpc) is 1.62. The molecule has 36 nitrogen and oxygen atoms in total. The number of rotatable bonds is 52. The van der Waals surface area contributed by atoms with Crippen molar-refractivity contribution in [1.82, 2.24) is 70.2 Å². The van der Waals surface area contributed by atoms with Gasteiger partial charge in [0, 0.05) is 145 Å². The van der Waals surface area contributed by atoms with Crippen molar-refractivity contribution in [3.05, 3.63) is 143 Å². The maximum atomic E-state index is 14.1. The molecule has 0 radical (unpaired) electrons. The Kier molecular flexibility index (Phi) is 39.0. The molecule has 133 heavy (non-hydrogen) atoms. The Morgan fingerprint density at radius 3 is 2.22 bits per heavy atom. The van der Waals surface area contributed by atoms with E-state index in [2.05, 4.69) is 63.6 Å². The maximum absolute atomic E-state index is 14.1. The molecular weight excluding hydrogens is 1710 g/mol. The number of carbonyl (C=O) groups is 8. The number of methoxy groups -OCH3 is 1. The van der Waals surface area contributed by atoms with Gasteiger partial charge in [-0.05, 0) is 156 Å². The number of nitrogens with two attached hydrogens (primary N) is 2. The van der Waals surface area contributed by atoms with Gasteiger partial charge in [0.25, 0.3) is 5.91 Å². The van der Waals surface area contributed by atoms with E-state index in [1.807, 2.05) is 84.0 Å². The number of aliphatic hydroxyl groups excluding tert-OH is 1. The van der Waals surface area contributed by atoms with E-state index in [1.54, 1.807) is 39.4 Å². The molecule has 36 heteroatoms. The summed E-state index contributed by atoms with van der Waals surface area (Å²) in [5, 5.41) is 35.1. The van der Waals surface area contributed by atoms with Crippen molar-refractivity contribution in [3.63, 3.8) is 0 Å². The number of hydroxylamine groups is 2. The van der Waals surface area contributed by atoms with Crippen molar-refractivity contribution >= 4 is 93.4 Å². The van der Waals surface area contributed by atoms with Gasteiger partial charge in [-0.1, -0.05) is 75.4 Å². The number of aromatic amines is 1. The molecule has 9 unspecified atom stereocenters. The van der Waals surface area contributed by atoms with Crippen molar-refractivity contribution in [3.8, 4) is 11.3 Å². The minimum atomic E-state index is -1.09. The van der Waals surface area contributed by atoms with Crippen LogP contribution in [0.25, 0.3) is 33.3 Å². The van der Waals surface area contributed by atoms with Crippen molar-refractivity contribution < 1.29 is 86.6 Å². The van der Waals surface area contributed by atoms with E-state index >= 15 is 0 Å². The summed E-state index contributed by atoms with van der Waals surface area (Å²) in [5.74, 6) is -1.05. The number of ketones is 3. The molecule has 1 aliphatic carbocycles. The van der Waals surface area contributed by atoms with E-state index in [1.165, 1.54) is 18.1 Å². The number of carbonyl (C=O) groups excluding carboxylic acids is 8. The Balaban J connectivity index is 0.498. The zero-order chi connectivity index (χ0) is 94.1. The topological polar surface area (TPSA) is 464 Å². The standard InChI is InChI=1S/C97H132N18O18/c1-63(13-8-7-9-14-64(2)86(126-6)52-76-15-12-17-85(132-76)84(121)59-116)47-65(3)82(119)53-83(120)67(5)48-66(4)81(118)51-77(133-95(124)80-16-10-11-33-115(80)125)25-21-68-19-23-75(24-20-68)131-60-74-55-104-96(108-79(74)27-30-100-62-117)111-35-37-112(38-36-111)97-105-56-78(90(98)109-97)94(123)102-32-40-128-42-44-130-46-45-129-43-41-127-39-29-87(122)113-34-28-70-49-69(18-22-72(70)58-113)57-114-93-88(91(99)106-61-107-93)89(110-114)73-50-71-26-31-101-92(71)103-54-73/h7-9,13-14,18,22,26,31,48-50,54-56,59,61-63,65-66,68,75-77,80,83,85-86,120,125H,10-12,15-17,19-21,23-25,27-30,32-47,51-53,57-58,60H2,1-6H3,(H,100,117)(H,101,103)(H,102,123)(H2,98,105,109)(H2,99,106,107)/b9-7+,13-8+,64-14+,67-48+. The second-order valence-electron chi connectivity index (χ2n) is 35.4. The number of nitrogens with zero attached hydrogens (tertiary/aromatic N) is 13. The Morgan fingerprint density at radius 1 is 0.737 bits per heavy atom. The number of aromatic nitrogens is 10. The van der Waals surface area contributed by atoms with Gasteiger partial charge in [-0.2, -0.15) is 15.1 Å². The van der Waals surface area contributed by atoms with Crippen LogP contribution in [-0.2, 0) is 104 Å². The number of esters is 1. The number of aldehydes is 1. The van der Waals surface area contributed by atoms with Crippen LogP contribution < -0.4 is 31.9 Å². The number of anilines is 4. The summed E-state index contributed by atoms with van der Waals surface area (Å²) in [6.45, 7) is 16.9. The van der Waals surface area contributed by atoms with E-state index in [-0.39, 0.29) is 111 Å². The number of aliphatic hydroxyl groups is 1. The number of nitrogens with one attached hydrogen (secondary N) is 3. The van der Waals surface area contributed by atoms with Gasteiger partial charge in [-0.25, -0.2) is 34.6 Å². The van der Waals surface area contributed by atoms with Crippen LogP contribution >= 0.6 is 0 Å². The van der Waals surface area contributed by atoms with Gasteiger partial charge in [-0.3, -0.25) is 38.4 Å². The summed E-state index contributed by atoms with van der Waals surface area (Å²) < 4.78 is 48.9. The number of piperidine rings is 1. The highest BCUT2D eigenvalue weighted by molar-refractivity contribution is 6.27. The maximum Gasteiger partial charge on any atom is 0.326 e. The second-order valence-corrected chi connectivity index (χ2v) is 35.4. The molecule has 9 N–H and O–H groups in total. The molecule has 0 spiro atoms. The fraction of sp³-hybridized carbons (Fsp3) is 0.567. The first-order valence-corrected chi connectivity index (χ1v) is 46.9. The molecule has 6 aromatic heterocycles. The highest BCUT2D eigenvalue weighted by atomic mass is 16.6. The normalized spacial score (nSPS) is 19.6. The first-order valence-electron chi connectivity index (χ1n) is 46.9. The molecular formula is C97H132N18O18. The molecule has 10 heterocycles. The lowest BCUT2D eigenvalue weighted by Crippen LogP contribution is -2.48. The average molecular weight is 1840 g/mol. The number of Topliss-reactive ketones (excluding diaryl/α,β-unsaturated/α-hetero) is 3. The quantitative estimate of drug-likeness (QED) is 0.00466. The molecule has 718 valence electrons. The highest BCUT2D eigenvalue weighted by Crippen LogP contribution is 2.36. The summed E-state index contributed by atoms with van der Waals surface area (Å²) >= 11 is 0. The first kappa shape index (κ1) is 101. The number of hydrogen-bond donors (Lipinski definition) is 7. The minimum absolute atomic E-state index is 0.0353. The van der Waals surface area contributed by atoms with Crippen molar-refractivity contribution in [2.45, 2.75) is 219 Å². The molecule has 3 amide bonds. The predicted octanol–water partition coefficient (Wildman–Crippen LogP) is 9.25. The van der Waals surface area contributed by atoms with Gasteiger partial charge in [0.05, 0.1) is 113 Å². The zero-order valence-corrected chi connectivity index (χ0v) is 77.5. The first-order chi connectivity index (χ1) is 64.5. The SMILES string of the molecule is COC(CC1CCCC(C(=O)C=O)O1)/C(C)=C/C=C/C=C/C(C)CC(C)C(=O)CC(O)/C(C)=C/C(C)C(=O)CC(CCC1CCC(OCc2cnc(N3CCN(c4ncc(C(=O)NCCOCCOCCOCCOCCC(=O)N5CCc6cc(Cn7nc(-c8cnc9[nH]ccc9c8)c8c(N)ncnc87)ccc6C5)c(N)n4)CC3)nc2CCNC=O)CC1)OC(=O)C1CCCCN1O. The van der Waals surface area contributed by atoms with E-state index in [9.17, 15) is 48.7 Å². The molecule has 12 rings (SSSR count). The lowest BCUT2D eigenvalue weighted by Gasteiger charge is -2.35. The van der Waals surface area contributed by atoms with Crippen LogP contribution in [0, 0.1) is 23.7 Å². The molecule has 1 saturated carbocycles. The third kappa shape index (κ3) is 29.7. The monoisotopic (exact) mass is 1840 g/mol. The number of pyridine rings is 1. The fourth-order valence-electron chi connectivity index (χ4n) is 17.7. The van der Waals surface area contributed by atoms with Crippen molar-refractivity contribution in [2.75, 3.05) is 134 Å². The van der Waals surface area contributed by atoms with Crippen LogP contribution in [0.2, 0.25) is 0 Å². The molecule has 3 saturated heterocycles. The number of benzene rings is 1. The van der Waals surface area contributed by atoms with Gasteiger partial charge in [-0.15, -0.1) is 0 Å². The number of fused-ring (bicyclic) bond motifs is 3. The molecule has 0 bridgehead atoms. The van der Waals surface area contributed by atoms with Crippen LogP contribution in [0.3, 0.4) is 0 Å². The van der Waals surface area contributed by atoms with Crippen molar-refractivity contribution in [1.29, 1.82) is 0 Å². The van der Waals surface area contributed by atoms with Crippen LogP contribution in [0.5, 0.6) is 0 Å². The van der Waals surface area contributed by atoms with Gasteiger partial charge >= 0.3 is 5.97 Å². The van der Waals surface area contributed by atoms with E-state index in [4.69, 9.17) is 64.4 Å². The lowest BCUT2D eigenvalue weighted by molar-refractivity contribution is -0.186. The Hall–Kier alpha value is -11.1. The Labute approximate surface area is 776 Å². The van der Waals surface area contributed by atoms with Crippen LogP contribution in [0.15, 0.2) is 109 Å². The molecule has 7 aromatic rings. The number of ether oxygens (including phenoxy) is 8. The largest absolute Gasteiger partial charge is 0.461 e. The molecule has 4 fully saturated rings. The number of piperazine rings is 1. The molecule has 1 aromatic carbocycles. The smallest absolute Gasteiger partial charge is 0.326 e. The number of hydrogen-bond acceptors (Lipinski definition) is 31. The predicted molar refractivity (Wildman–Crippen MR) is 498 cm³/mol. The van der Waals surface area contributed by atoms with Crippen molar-refractivity contribution in [2.24, 2.45) is 23.7 Å². The highest BCUT2D eigenvalue weighted by Gasteiger charge is 2.36. The number of amides is 3. The minimum Gasteiger partial charge on any atom is -0.461 e. The summed E-state index contributed by atoms with van der Waals surface area (Å²) in [5.41, 5.74) is 22.2. The van der Waals surface area contributed by atoms with E-state index in [0.29, 0.717) is 196 Å². The van der Waals surface area contributed by atoms with Gasteiger partial charge in [0.1, 0.15) is 59.1 Å². The summed E-state index contributed by atoms with van der Waals surface area (Å²) in [6.07, 6.45) is 28.8. The third-order valence-corrected chi connectivity index (χ3v) is 25.6. The zero-order valence-electron chi connectivity index (χ0n) is 77.5.